The van der Waals surface area contributed by atoms with Gasteiger partial charge in [-0.25, -0.2) is 4.98 Å². The molecule has 4 heteroatoms. The molecule has 0 saturated heterocycles. The van der Waals surface area contributed by atoms with E-state index < -0.39 is 0 Å². The molecule has 1 unspecified atom stereocenters. The zero-order chi connectivity index (χ0) is 12.5. The molecule has 1 rings (SSSR count). The Morgan fingerprint density at radius 1 is 1.41 bits per heavy atom. The van der Waals surface area contributed by atoms with E-state index in [9.17, 15) is 0 Å². The lowest BCUT2D eigenvalue weighted by Gasteiger charge is -2.15. The molecule has 0 aromatic carbocycles. The summed E-state index contributed by atoms with van der Waals surface area (Å²) < 4.78 is 5.06. The highest BCUT2D eigenvalue weighted by Gasteiger charge is 2.07. The number of pyridine rings is 1. The number of methoxy groups -OCH3 is 1. The third kappa shape index (κ3) is 5.26. The van der Waals surface area contributed by atoms with Crippen molar-refractivity contribution in [3.63, 3.8) is 0 Å². The second-order valence-electron chi connectivity index (χ2n) is 4.10. The van der Waals surface area contributed by atoms with Crippen LogP contribution in [-0.2, 0) is 0 Å². The summed E-state index contributed by atoms with van der Waals surface area (Å²) in [5, 5.41) is 3.34. The first-order valence-corrected chi connectivity index (χ1v) is 6.63. The van der Waals surface area contributed by atoms with Gasteiger partial charge in [0.2, 0.25) is 0 Å². The fourth-order valence-corrected chi connectivity index (χ4v) is 2.07. The summed E-state index contributed by atoms with van der Waals surface area (Å²) in [5.74, 6) is 3.02. The second-order valence-corrected chi connectivity index (χ2v) is 4.47. The fourth-order valence-electron chi connectivity index (χ4n) is 1.77. The SMILES string of the molecule is CCCC(CCCl)CNc1ccc(OC)cn1. The van der Waals surface area contributed by atoms with Crippen LogP contribution in [0.4, 0.5) is 5.82 Å². The first kappa shape index (κ1) is 14.1. The molecule has 1 aromatic heterocycles. The van der Waals surface area contributed by atoms with Gasteiger partial charge in [0.05, 0.1) is 13.3 Å². The Morgan fingerprint density at radius 3 is 2.76 bits per heavy atom. The molecule has 0 bridgehead atoms. The number of rotatable bonds is 8. The predicted octanol–water partition coefficient (Wildman–Crippen LogP) is 3.55. The molecular weight excluding hydrogens is 236 g/mol. The Bertz CT molecular complexity index is 297. The zero-order valence-corrected chi connectivity index (χ0v) is 11.3. The quantitative estimate of drug-likeness (QED) is 0.723. The van der Waals surface area contributed by atoms with Crippen molar-refractivity contribution >= 4 is 17.4 Å². The van der Waals surface area contributed by atoms with Crippen LogP contribution < -0.4 is 10.1 Å². The lowest BCUT2D eigenvalue weighted by molar-refractivity contribution is 0.413. The van der Waals surface area contributed by atoms with Gasteiger partial charge in [-0.15, -0.1) is 11.6 Å². The molecule has 3 nitrogen and oxygen atoms in total. The van der Waals surface area contributed by atoms with Gasteiger partial charge in [-0.05, 0) is 30.9 Å². The summed E-state index contributed by atoms with van der Waals surface area (Å²) in [6, 6.07) is 3.84. The number of hydrogen-bond donors (Lipinski definition) is 1. The van der Waals surface area contributed by atoms with E-state index in [4.69, 9.17) is 16.3 Å². The second kappa shape index (κ2) is 8.18. The molecule has 96 valence electrons. The van der Waals surface area contributed by atoms with Crippen molar-refractivity contribution in [2.24, 2.45) is 5.92 Å². The van der Waals surface area contributed by atoms with Crippen LogP contribution in [0.15, 0.2) is 18.3 Å². The minimum absolute atomic E-state index is 0.626. The number of alkyl halides is 1. The number of halogens is 1. The van der Waals surface area contributed by atoms with E-state index in [1.165, 1.54) is 12.8 Å². The Kier molecular flexibility index (Phi) is 6.78. The number of nitrogens with zero attached hydrogens (tertiary/aromatic N) is 1. The van der Waals surface area contributed by atoms with Gasteiger partial charge in [0.15, 0.2) is 0 Å². The molecule has 0 saturated carbocycles. The summed E-state index contributed by atoms with van der Waals surface area (Å²) in [6.07, 6.45) is 5.17. The summed E-state index contributed by atoms with van der Waals surface area (Å²) in [5.41, 5.74) is 0. The van der Waals surface area contributed by atoms with Crippen molar-refractivity contribution < 1.29 is 4.74 Å². The molecule has 1 aromatic rings. The van der Waals surface area contributed by atoms with E-state index in [-0.39, 0.29) is 0 Å². The number of nitrogens with one attached hydrogen (secondary N) is 1. The maximum absolute atomic E-state index is 5.79. The Hall–Kier alpha value is -0.960. The largest absolute Gasteiger partial charge is 0.495 e. The van der Waals surface area contributed by atoms with Gasteiger partial charge in [0.1, 0.15) is 11.6 Å². The number of aromatic nitrogens is 1. The molecule has 0 aliphatic carbocycles. The van der Waals surface area contributed by atoms with Crippen LogP contribution in [0, 0.1) is 5.92 Å². The van der Waals surface area contributed by atoms with Crippen LogP contribution in [0.1, 0.15) is 26.2 Å². The topological polar surface area (TPSA) is 34.1 Å². The Labute approximate surface area is 109 Å². The van der Waals surface area contributed by atoms with E-state index in [0.29, 0.717) is 5.92 Å². The summed E-state index contributed by atoms with van der Waals surface area (Å²) in [6.45, 7) is 3.13. The third-order valence-corrected chi connectivity index (χ3v) is 2.98. The van der Waals surface area contributed by atoms with Crippen molar-refractivity contribution in [2.75, 3.05) is 24.9 Å². The molecule has 0 radical (unpaired) electrons. The van der Waals surface area contributed by atoms with Gasteiger partial charge >= 0.3 is 0 Å². The van der Waals surface area contributed by atoms with E-state index in [0.717, 1.165) is 30.4 Å². The average molecular weight is 257 g/mol. The van der Waals surface area contributed by atoms with Crippen molar-refractivity contribution in [3.05, 3.63) is 18.3 Å². The molecule has 0 aliphatic heterocycles. The molecule has 1 heterocycles. The number of hydrogen-bond acceptors (Lipinski definition) is 3. The van der Waals surface area contributed by atoms with Gasteiger partial charge in [-0.3, -0.25) is 0 Å². The lowest BCUT2D eigenvalue weighted by atomic mass is 10.0. The molecule has 17 heavy (non-hydrogen) atoms. The molecular formula is C13H21ClN2O. The van der Waals surface area contributed by atoms with Crippen LogP contribution in [-0.4, -0.2) is 24.5 Å². The standard InChI is InChI=1S/C13H21ClN2O/c1-3-4-11(7-8-14)9-15-13-6-5-12(17-2)10-16-13/h5-6,10-11H,3-4,7-9H2,1-2H3,(H,15,16). The van der Waals surface area contributed by atoms with Gasteiger partial charge in [-0.1, -0.05) is 13.3 Å². The third-order valence-electron chi connectivity index (χ3n) is 2.76. The van der Waals surface area contributed by atoms with Crippen molar-refractivity contribution in [1.82, 2.24) is 4.98 Å². The van der Waals surface area contributed by atoms with Crippen molar-refractivity contribution in [3.8, 4) is 5.75 Å². The van der Waals surface area contributed by atoms with Crippen LogP contribution in [0.5, 0.6) is 5.75 Å². The predicted molar refractivity (Wildman–Crippen MR) is 73.0 cm³/mol. The average Bonchev–Trinajstić information content (AvgIpc) is 2.37. The van der Waals surface area contributed by atoms with Crippen molar-refractivity contribution in [2.45, 2.75) is 26.2 Å². The van der Waals surface area contributed by atoms with E-state index >= 15 is 0 Å². The monoisotopic (exact) mass is 256 g/mol. The minimum atomic E-state index is 0.626. The summed E-state index contributed by atoms with van der Waals surface area (Å²) in [4.78, 5) is 4.27. The van der Waals surface area contributed by atoms with Crippen LogP contribution in [0.2, 0.25) is 0 Å². The van der Waals surface area contributed by atoms with E-state index in [1.807, 2.05) is 12.1 Å². The molecule has 0 amide bonds. The summed E-state index contributed by atoms with van der Waals surface area (Å²) in [7, 11) is 1.64. The number of anilines is 1. The van der Waals surface area contributed by atoms with E-state index in [2.05, 4.69) is 17.2 Å². The number of ether oxygens (including phenoxy) is 1. The van der Waals surface area contributed by atoms with Crippen LogP contribution >= 0.6 is 11.6 Å². The first-order chi connectivity index (χ1) is 8.30. The smallest absolute Gasteiger partial charge is 0.137 e. The fraction of sp³-hybridized carbons (Fsp3) is 0.615. The minimum Gasteiger partial charge on any atom is -0.495 e. The van der Waals surface area contributed by atoms with Crippen LogP contribution in [0.25, 0.3) is 0 Å². The molecule has 0 aliphatic rings. The first-order valence-electron chi connectivity index (χ1n) is 6.10. The molecule has 1 atom stereocenters. The van der Waals surface area contributed by atoms with Gasteiger partial charge < -0.3 is 10.1 Å². The van der Waals surface area contributed by atoms with E-state index in [1.54, 1.807) is 13.3 Å². The van der Waals surface area contributed by atoms with Crippen molar-refractivity contribution in [1.29, 1.82) is 0 Å². The summed E-state index contributed by atoms with van der Waals surface area (Å²) >= 11 is 5.79. The molecule has 1 N–H and O–H groups in total. The normalized spacial score (nSPS) is 12.2. The molecule has 0 spiro atoms. The van der Waals surface area contributed by atoms with Gasteiger partial charge in [-0.2, -0.15) is 0 Å². The lowest BCUT2D eigenvalue weighted by Crippen LogP contribution is -2.15. The maximum Gasteiger partial charge on any atom is 0.137 e. The van der Waals surface area contributed by atoms with Crippen LogP contribution in [0.3, 0.4) is 0 Å². The molecule has 0 fully saturated rings. The van der Waals surface area contributed by atoms with Gasteiger partial charge in [0.25, 0.3) is 0 Å². The maximum atomic E-state index is 5.79. The highest BCUT2D eigenvalue weighted by molar-refractivity contribution is 6.17. The Balaban J connectivity index is 2.41. The Morgan fingerprint density at radius 2 is 2.24 bits per heavy atom. The highest BCUT2D eigenvalue weighted by Crippen LogP contribution is 2.15. The highest BCUT2D eigenvalue weighted by atomic mass is 35.5. The zero-order valence-electron chi connectivity index (χ0n) is 10.6. The van der Waals surface area contributed by atoms with Gasteiger partial charge in [0, 0.05) is 12.4 Å².